The van der Waals surface area contributed by atoms with Crippen LogP contribution in [0, 0.1) is 5.41 Å². The lowest BCUT2D eigenvalue weighted by atomic mass is 9.80. The third-order valence-corrected chi connectivity index (χ3v) is 3.63. The molecule has 0 aliphatic carbocycles. The Morgan fingerprint density at radius 2 is 2.17 bits per heavy atom. The number of phenols is 1. The van der Waals surface area contributed by atoms with Crippen molar-refractivity contribution in [1.82, 2.24) is 5.32 Å². The van der Waals surface area contributed by atoms with Gasteiger partial charge in [0, 0.05) is 9.89 Å². The first-order valence-electron chi connectivity index (χ1n) is 5.32. The van der Waals surface area contributed by atoms with Gasteiger partial charge >= 0.3 is 6.09 Å². The number of hydrogen-bond donors (Lipinski definition) is 2. The van der Waals surface area contributed by atoms with Gasteiger partial charge in [-0.3, -0.25) is 0 Å². The summed E-state index contributed by atoms with van der Waals surface area (Å²) in [7, 11) is 0. The highest BCUT2D eigenvalue weighted by atomic mass is 79.9. The highest BCUT2D eigenvalue weighted by Gasteiger charge is 2.38. The smallest absolute Gasteiger partial charge is 0.407 e. The second-order valence-corrected chi connectivity index (χ2v) is 5.70. The number of aromatic hydroxyl groups is 1. The largest absolute Gasteiger partial charge is 0.508 e. The minimum Gasteiger partial charge on any atom is -0.508 e. The van der Waals surface area contributed by atoms with Crippen LogP contribution in [0.5, 0.6) is 5.75 Å². The zero-order valence-corrected chi connectivity index (χ0v) is 12.5. The summed E-state index contributed by atoms with van der Waals surface area (Å²) in [6.07, 6.45) is -0.426. The summed E-state index contributed by atoms with van der Waals surface area (Å²) in [5, 5.41) is 12.3. The standard InChI is InChI=1S/C12H14BrNO3.ClH/c1-12(2)6-17-11(16)14-10(12)8-5-7(15)3-4-9(8)13;/h3-5,10,15H,6H2,1-2H3,(H,14,16);1H/t10-;/m1./s1. The van der Waals surface area contributed by atoms with Gasteiger partial charge in [-0.15, -0.1) is 12.4 Å². The van der Waals surface area contributed by atoms with E-state index in [1.165, 1.54) is 0 Å². The Labute approximate surface area is 120 Å². The van der Waals surface area contributed by atoms with E-state index in [-0.39, 0.29) is 29.6 Å². The van der Waals surface area contributed by atoms with Crippen LogP contribution in [-0.2, 0) is 4.74 Å². The molecule has 1 aromatic carbocycles. The topological polar surface area (TPSA) is 58.6 Å². The number of carbonyl (C=O) groups is 1. The van der Waals surface area contributed by atoms with E-state index >= 15 is 0 Å². The van der Waals surface area contributed by atoms with Gasteiger partial charge in [0.05, 0.1) is 6.04 Å². The highest BCUT2D eigenvalue weighted by molar-refractivity contribution is 9.10. The number of benzene rings is 1. The number of phenolic OH excluding ortho intramolecular Hbond substituents is 1. The predicted molar refractivity (Wildman–Crippen MR) is 74.1 cm³/mol. The summed E-state index contributed by atoms with van der Waals surface area (Å²) in [6, 6.07) is 4.83. The molecule has 0 saturated carbocycles. The van der Waals surface area contributed by atoms with Gasteiger partial charge in [0.15, 0.2) is 0 Å². The molecule has 2 rings (SSSR count). The van der Waals surface area contributed by atoms with Crippen molar-refractivity contribution in [2.45, 2.75) is 19.9 Å². The van der Waals surface area contributed by atoms with E-state index < -0.39 is 6.09 Å². The molecule has 0 bridgehead atoms. The average molecular weight is 337 g/mol. The molecule has 0 unspecified atom stereocenters. The molecule has 1 amide bonds. The Hall–Kier alpha value is -0.940. The van der Waals surface area contributed by atoms with E-state index in [2.05, 4.69) is 21.2 Å². The van der Waals surface area contributed by atoms with Crippen LogP contribution < -0.4 is 5.32 Å². The SMILES string of the molecule is CC1(C)COC(=O)N[C@@H]1c1cc(O)ccc1Br.Cl. The molecular weight excluding hydrogens is 321 g/mol. The number of cyclic esters (lactones) is 1. The van der Waals surface area contributed by atoms with E-state index in [1.807, 2.05) is 13.8 Å². The molecule has 1 aromatic rings. The zero-order valence-electron chi connectivity index (χ0n) is 10.1. The van der Waals surface area contributed by atoms with Crippen molar-refractivity contribution in [3.05, 3.63) is 28.2 Å². The predicted octanol–water partition coefficient (Wildman–Crippen LogP) is 3.38. The first-order chi connectivity index (χ1) is 7.90. The molecule has 1 saturated heterocycles. The minimum absolute atomic E-state index is 0. The molecule has 1 fully saturated rings. The van der Waals surface area contributed by atoms with E-state index in [0.717, 1.165) is 10.0 Å². The monoisotopic (exact) mass is 335 g/mol. The molecular formula is C12H15BrClNO3. The fraction of sp³-hybridized carbons (Fsp3) is 0.417. The summed E-state index contributed by atoms with van der Waals surface area (Å²) >= 11 is 3.43. The van der Waals surface area contributed by atoms with Gasteiger partial charge in [-0.25, -0.2) is 4.79 Å². The molecule has 4 nitrogen and oxygen atoms in total. The molecule has 0 spiro atoms. The molecule has 6 heteroatoms. The second kappa shape index (κ2) is 5.36. The lowest BCUT2D eigenvalue weighted by Crippen LogP contribution is -2.47. The number of amides is 1. The molecule has 0 radical (unpaired) electrons. The maximum absolute atomic E-state index is 11.3. The van der Waals surface area contributed by atoms with Crippen LogP contribution in [0.3, 0.4) is 0 Å². The van der Waals surface area contributed by atoms with Gasteiger partial charge in [0.2, 0.25) is 0 Å². The van der Waals surface area contributed by atoms with Crippen LogP contribution in [0.25, 0.3) is 0 Å². The van der Waals surface area contributed by atoms with Crippen LogP contribution in [-0.4, -0.2) is 17.8 Å². The van der Waals surface area contributed by atoms with Crippen LogP contribution >= 0.6 is 28.3 Å². The van der Waals surface area contributed by atoms with Crippen molar-refractivity contribution >= 4 is 34.4 Å². The summed E-state index contributed by atoms with van der Waals surface area (Å²) in [5.74, 6) is 0.180. The van der Waals surface area contributed by atoms with E-state index in [1.54, 1.807) is 18.2 Å². The average Bonchev–Trinajstić information content (AvgIpc) is 2.26. The van der Waals surface area contributed by atoms with E-state index in [4.69, 9.17) is 4.74 Å². The van der Waals surface area contributed by atoms with Crippen LogP contribution in [0.4, 0.5) is 4.79 Å². The van der Waals surface area contributed by atoms with E-state index in [0.29, 0.717) is 6.61 Å². The van der Waals surface area contributed by atoms with Gasteiger partial charge in [0.1, 0.15) is 12.4 Å². The summed E-state index contributed by atoms with van der Waals surface area (Å²) in [4.78, 5) is 11.3. The van der Waals surface area contributed by atoms with Crippen LogP contribution in [0.15, 0.2) is 22.7 Å². The van der Waals surface area contributed by atoms with Gasteiger partial charge in [-0.2, -0.15) is 0 Å². The number of ether oxygens (including phenoxy) is 1. The number of rotatable bonds is 1. The Bertz CT molecular complexity index is 465. The first-order valence-corrected chi connectivity index (χ1v) is 6.11. The van der Waals surface area contributed by atoms with Crippen molar-refractivity contribution in [2.24, 2.45) is 5.41 Å². The highest BCUT2D eigenvalue weighted by Crippen LogP contribution is 2.40. The molecule has 2 N–H and O–H groups in total. The van der Waals surface area contributed by atoms with Crippen molar-refractivity contribution in [3.63, 3.8) is 0 Å². The van der Waals surface area contributed by atoms with Gasteiger partial charge < -0.3 is 15.2 Å². The fourth-order valence-electron chi connectivity index (χ4n) is 1.94. The fourth-order valence-corrected chi connectivity index (χ4v) is 2.42. The normalized spacial score (nSPS) is 21.5. The summed E-state index contributed by atoms with van der Waals surface area (Å²) in [5.41, 5.74) is 0.621. The maximum atomic E-state index is 11.3. The third-order valence-electron chi connectivity index (χ3n) is 2.91. The summed E-state index contributed by atoms with van der Waals surface area (Å²) < 4.78 is 5.84. The summed E-state index contributed by atoms with van der Waals surface area (Å²) in [6.45, 7) is 4.37. The molecule has 1 atom stereocenters. The number of halogens is 2. The van der Waals surface area contributed by atoms with Crippen molar-refractivity contribution in [2.75, 3.05) is 6.61 Å². The Morgan fingerprint density at radius 3 is 2.83 bits per heavy atom. The Balaban J connectivity index is 0.00000162. The van der Waals surface area contributed by atoms with Gasteiger partial charge in [0.25, 0.3) is 0 Å². The molecule has 100 valence electrons. The van der Waals surface area contributed by atoms with Crippen molar-refractivity contribution < 1.29 is 14.6 Å². The number of alkyl carbamates (subject to hydrolysis) is 1. The van der Waals surface area contributed by atoms with Gasteiger partial charge in [-0.05, 0) is 23.8 Å². The van der Waals surface area contributed by atoms with E-state index in [9.17, 15) is 9.90 Å². The van der Waals surface area contributed by atoms with Crippen molar-refractivity contribution in [3.8, 4) is 5.75 Å². The minimum atomic E-state index is -0.426. The Morgan fingerprint density at radius 1 is 1.50 bits per heavy atom. The zero-order chi connectivity index (χ0) is 12.6. The lowest BCUT2D eigenvalue weighted by molar-refractivity contribution is 0.0385. The molecule has 0 aromatic heterocycles. The molecule has 18 heavy (non-hydrogen) atoms. The Kier molecular flexibility index (Phi) is 4.50. The molecule has 1 heterocycles. The number of hydrogen-bond acceptors (Lipinski definition) is 3. The number of carbonyl (C=O) groups excluding carboxylic acids is 1. The molecule has 1 aliphatic heterocycles. The van der Waals surface area contributed by atoms with Gasteiger partial charge in [-0.1, -0.05) is 29.8 Å². The van der Waals surface area contributed by atoms with Crippen LogP contribution in [0.1, 0.15) is 25.5 Å². The molecule has 1 aliphatic rings. The maximum Gasteiger partial charge on any atom is 0.407 e. The van der Waals surface area contributed by atoms with Crippen LogP contribution in [0.2, 0.25) is 0 Å². The second-order valence-electron chi connectivity index (χ2n) is 4.85. The number of nitrogens with one attached hydrogen (secondary N) is 1. The van der Waals surface area contributed by atoms with Crippen molar-refractivity contribution in [1.29, 1.82) is 0 Å². The lowest BCUT2D eigenvalue weighted by Gasteiger charge is -2.39. The third kappa shape index (κ3) is 2.90. The quantitative estimate of drug-likeness (QED) is 0.826. The first kappa shape index (κ1) is 15.1.